The maximum atomic E-state index is 11.0. The van der Waals surface area contributed by atoms with Gasteiger partial charge in [0, 0.05) is 28.9 Å². The number of rotatable bonds is 5. The molecule has 4 heteroatoms. The molecule has 1 rings (SSSR count). The van der Waals surface area contributed by atoms with Crippen LogP contribution in [0, 0.1) is 11.3 Å². The second-order valence-corrected chi connectivity index (χ2v) is 4.45. The molecule has 0 saturated heterocycles. The van der Waals surface area contributed by atoms with Gasteiger partial charge in [0.15, 0.2) is 6.29 Å². The normalized spacial score (nSPS) is 10.1. The molecule has 0 bridgehead atoms. The van der Waals surface area contributed by atoms with Crippen LogP contribution in [0.25, 0.3) is 0 Å². The van der Waals surface area contributed by atoms with Crippen LogP contribution in [-0.2, 0) is 0 Å². The van der Waals surface area contributed by atoms with Crippen molar-refractivity contribution in [2.75, 3.05) is 11.4 Å². The summed E-state index contributed by atoms with van der Waals surface area (Å²) in [4.78, 5) is 13.0. The minimum absolute atomic E-state index is 0.209. The summed E-state index contributed by atoms with van der Waals surface area (Å²) >= 11 is 5.95. The molecule has 0 N–H and O–H groups in total. The lowest BCUT2D eigenvalue weighted by Gasteiger charge is -2.29. The highest BCUT2D eigenvalue weighted by Crippen LogP contribution is 2.25. The predicted molar refractivity (Wildman–Crippen MR) is 69.6 cm³/mol. The van der Waals surface area contributed by atoms with E-state index in [-0.39, 0.29) is 6.04 Å². The number of nitrogens with zero attached hydrogens (tertiary/aromatic N) is 2. The Bertz CT molecular complexity index is 438. The topological polar surface area (TPSA) is 44.1 Å². The van der Waals surface area contributed by atoms with Gasteiger partial charge in [0.05, 0.1) is 12.5 Å². The molecule has 0 aliphatic heterocycles. The SMILES string of the molecule is CC(C)N(CCC#N)c1cc(Cl)ccc1C=O. The van der Waals surface area contributed by atoms with Crippen molar-refractivity contribution in [1.29, 1.82) is 5.26 Å². The maximum absolute atomic E-state index is 11.0. The summed E-state index contributed by atoms with van der Waals surface area (Å²) in [6.45, 7) is 4.63. The summed E-state index contributed by atoms with van der Waals surface area (Å²) < 4.78 is 0. The molecular weight excluding hydrogens is 236 g/mol. The van der Waals surface area contributed by atoms with Crippen LogP contribution < -0.4 is 4.90 Å². The van der Waals surface area contributed by atoms with Gasteiger partial charge in [0.1, 0.15) is 0 Å². The maximum Gasteiger partial charge on any atom is 0.152 e. The molecule has 0 atom stereocenters. The van der Waals surface area contributed by atoms with Crippen molar-refractivity contribution in [2.45, 2.75) is 26.3 Å². The van der Waals surface area contributed by atoms with Crippen LogP contribution in [0.5, 0.6) is 0 Å². The highest BCUT2D eigenvalue weighted by Gasteiger charge is 2.14. The van der Waals surface area contributed by atoms with Crippen LogP contribution >= 0.6 is 11.6 Å². The first kappa shape index (κ1) is 13.5. The Morgan fingerprint density at radius 3 is 2.76 bits per heavy atom. The minimum atomic E-state index is 0.209. The van der Waals surface area contributed by atoms with E-state index in [1.165, 1.54) is 0 Å². The van der Waals surface area contributed by atoms with Crippen molar-refractivity contribution in [3.63, 3.8) is 0 Å². The van der Waals surface area contributed by atoms with Gasteiger partial charge in [0.25, 0.3) is 0 Å². The van der Waals surface area contributed by atoms with E-state index in [9.17, 15) is 4.79 Å². The van der Waals surface area contributed by atoms with E-state index in [2.05, 4.69) is 6.07 Å². The zero-order valence-corrected chi connectivity index (χ0v) is 10.7. The second-order valence-electron chi connectivity index (χ2n) is 4.02. The molecule has 17 heavy (non-hydrogen) atoms. The summed E-state index contributed by atoms with van der Waals surface area (Å²) in [6.07, 6.45) is 1.23. The molecule has 0 spiro atoms. The van der Waals surface area contributed by atoms with Crippen molar-refractivity contribution in [2.24, 2.45) is 0 Å². The molecule has 0 heterocycles. The minimum Gasteiger partial charge on any atom is -0.367 e. The summed E-state index contributed by atoms with van der Waals surface area (Å²) in [5.41, 5.74) is 1.39. The zero-order valence-electron chi connectivity index (χ0n) is 9.98. The van der Waals surface area contributed by atoms with Gasteiger partial charge in [-0.2, -0.15) is 5.26 Å². The lowest BCUT2D eigenvalue weighted by atomic mass is 10.1. The Kier molecular flexibility index (Phi) is 4.99. The number of halogens is 1. The smallest absolute Gasteiger partial charge is 0.152 e. The Labute approximate surface area is 107 Å². The van der Waals surface area contributed by atoms with Crippen LogP contribution in [-0.4, -0.2) is 18.9 Å². The van der Waals surface area contributed by atoms with Crippen LogP contribution in [0.2, 0.25) is 5.02 Å². The number of hydrogen-bond donors (Lipinski definition) is 0. The molecule has 90 valence electrons. The lowest BCUT2D eigenvalue weighted by molar-refractivity contribution is 0.112. The van der Waals surface area contributed by atoms with E-state index in [1.54, 1.807) is 18.2 Å². The van der Waals surface area contributed by atoms with E-state index in [1.807, 2.05) is 18.7 Å². The fourth-order valence-electron chi connectivity index (χ4n) is 1.69. The first-order valence-corrected chi connectivity index (χ1v) is 5.86. The standard InChI is InChI=1S/C13H15ClN2O/c1-10(2)16(7-3-6-15)13-8-12(14)5-4-11(13)9-17/h4-5,8-10H,3,7H2,1-2H3. The number of aldehydes is 1. The molecule has 0 aliphatic carbocycles. The van der Waals surface area contributed by atoms with E-state index in [0.29, 0.717) is 23.6 Å². The highest BCUT2D eigenvalue weighted by atomic mass is 35.5. The molecule has 0 radical (unpaired) electrons. The van der Waals surface area contributed by atoms with Crippen molar-refractivity contribution >= 4 is 23.6 Å². The first-order chi connectivity index (χ1) is 8.10. The predicted octanol–water partition coefficient (Wildman–Crippen LogP) is 3.28. The van der Waals surface area contributed by atoms with Gasteiger partial charge in [0.2, 0.25) is 0 Å². The highest BCUT2D eigenvalue weighted by molar-refractivity contribution is 6.31. The van der Waals surface area contributed by atoms with Gasteiger partial charge in [-0.05, 0) is 32.0 Å². The average Bonchev–Trinajstić information content (AvgIpc) is 2.29. The van der Waals surface area contributed by atoms with E-state index < -0.39 is 0 Å². The third-order valence-electron chi connectivity index (χ3n) is 2.52. The molecular formula is C13H15ClN2O. The second kappa shape index (κ2) is 6.27. The summed E-state index contributed by atoms with van der Waals surface area (Å²) in [5, 5.41) is 9.24. The fraction of sp³-hybridized carbons (Fsp3) is 0.385. The van der Waals surface area contributed by atoms with E-state index in [4.69, 9.17) is 16.9 Å². The van der Waals surface area contributed by atoms with Gasteiger partial charge in [-0.3, -0.25) is 4.79 Å². The molecule has 0 aromatic heterocycles. The molecule has 0 fully saturated rings. The Hall–Kier alpha value is -1.53. The van der Waals surface area contributed by atoms with Gasteiger partial charge in [-0.25, -0.2) is 0 Å². The van der Waals surface area contributed by atoms with Gasteiger partial charge in [-0.15, -0.1) is 0 Å². The number of carbonyl (C=O) groups is 1. The van der Waals surface area contributed by atoms with Crippen LogP contribution in [0.4, 0.5) is 5.69 Å². The molecule has 0 saturated carbocycles. The Balaban J connectivity index is 3.12. The summed E-state index contributed by atoms with van der Waals surface area (Å²) in [6, 6.07) is 7.48. The number of anilines is 1. The Morgan fingerprint density at radius 2 is 2.24 bits per heavy atom. The molecule has 1 aromatic rings. The van der Waals surface area contributed by atoms with Gasteiger partial charge >= 0.3 is 0 Å². The number of benzene rings is 1. The monoisotopic (exact) mass is 250 g/mol. The molecule has 0 aliphatic rings. The molecule has 3 nitrogen and oxygen atoms in total. The Morgan fingerprint density at radius 1 is 1.53 bits per heavy atom. The van der Waals surface area contributed by atoms with Crippen molar-refractivity contribution < 1.29 is 4.79 Å². The molecule has 0 amide bonds. The van der Waals surface area contributed by atoms with Gasteiger partial charge < -0.3 is 4.90 Å². The summed E-state index contributed by atoms with van der Waals surface area (Å²) in [7, 11) is 0. The number of nitriles is 1. The van der Waals surface area contributed by atoms with Crippen molar-refractivity contribution in [1.82, 2.24) is 0 Å². The van der Waals surface area contributed by atoms with E-state index in [0.717, 1.165) is 12.0 Å². The first-order valence-electron chi connectivity index (χ1n) is 5.48. The quantitative estimate of drug-likeness (QED) is 0.754. The summed E-state index contributed by atoms with van der Waals surface area (Å²) in [5.74, 6) is 0. The third kappa shape index (κ3) is 3.47. The van der Waals surface area contributed by atoms with Crippen LogP contribution in [0.3, 0.4) is 0 Å². The zero-order chi connectivity index (χ0) is 12.8. The fourth-order valence-corrected chi connectivity index (χ4v) is 1.86. The largest absolute Gasteiger partial charge is 0.367 e. The van der Waals surface area contributed by atoms with Crippen LogP contribution in [0.15, 0.2) is 18.2 Å². The molecule has 1 aromatic carbocycles. The third-order valence-corrected chi connectivity index (χ3v) is 2.75. The van der Waals surface area contributed by atoms with Crippen molar-refractivity contribution in [3.05, 3.63) is 28.8 Å². The number of hydrogen-bond acceptors (Lipinski definition) is 3. The van der Waals surface area contributed by atoms with Crippen molar-refractivity contribution in [3.8, 4) is 6.07 Å². The lowest BCUT2D eigenvalue weighted by Crippen LogP contribution is -2.32. The van der Waals surface area contributed by atoms with Crippen LogP contribution in [0.1, 0.15) is 30.6 Å². The van der Waals surface area contributed by atoms with E-state index >= 15 is 0 Å². The van der Waals surface area contributed by atoms with Gasteiger partial charge in [-0.1, -0.05) is 11.6 Å². The number of carbonyl (C=O) groups excluding carboxylic acids is 1. The average molecular weight is 251 g/mol. The molecule has 0 unspecified atom stereocenters.